The van der Waals surface area contributed by atoms with Crippen molar-refractivity contribution in [2.45, 2.75) is 39.5 Å². The zero-order chi connectivity index (χ0) is 35.5. The number of rotatable bonds is 7. The molecule has 0 fully saturated rings. The number of aromatic nitrogens is 3. The third-order valence-corrected chi connectivity index (χ3v) is 10.5. The lowest BCUT2D eigenvalue weighted by Crippen LogP contribution is -2.24. The predicted molar refractivity (Wildman–Crippen MR) is 218 cm³/mol. The molecular formula is C46H42N6. The highest BCUT2D eigenvalue weighted by Crippen LogP contribution is 2.44. The molecule has 5 aromatic carbocycles. The first-order valence-corrected chi connectivity index (χ1v) is 18.2. The topological polar surface area (TPSA) is 39.9 Å². The van der Waals surface area contributed by atoms with Crippen LogP contribution in [0.1, 0.15) is 50.7 Å². The molecule has 6 nitrogen and oxygen atoms in total. The SMILES string of the molecule is CC(C)c1cccc(C(C)C)c1-c1cnc2c3cc(N(c4ccccc4)c4cccc(N5CN(C)c6cccnc65)c4)ccc3c3ccccc3n12. The zero-order valence-corrected chi connectivity index (χ0v) is 30.3. The van der Waals surface area contributed by atoms with Crippen molar-refractivity contribution in [3.8, 4) is 11.3 Å². The van der Waals surface area contributed by atoms with E-state index < -0.39 is 0 Å². The maximum Gasteiger partial charge on any atom is 0.158 e. The molecule has 0 unspecified atom stereocenters. The van der Waals surface area contributed by atoms with Gasteiger partial charge in [0.25, 0.3) is 0 Å². The van der Waals surface area contributed by atoms with E-state index in [0.717, 1.165) is 63.2 Å². The summed E-state index contributed by atoms with van der Waals surface area (Å²) in [6.07, 6.45) is 3.97. The van der Waals surface area contributed by atoms with Gasteiger partial charge in [-0.2, -0.15) is 0 Å². The molecule has 4 heterocycles. The fraction of sp³-hybridized carbons (Fsp3) is 0.174. The van der Waals surface area contributed by atoms with Crippen LogP contribution in [0.25, 0.3) is 38.6 Å². The quantitative estimate of drug-likeness (QED) is 0.157. The van der Waals surface area contributed by atoms with Gasteiger partial charge in [0.05, 0.1) is 29.8 Å². The van der Waals surface area contributed by atoms with Crippen LogP contribution in [-0.4, -0.2) is 28.1 Å². The lowest BCUT2D eigenvalue weighted by molar-refractivity contribution is 0.836. The minimum absolute atomic E-state index is 0.373. The van der Waals surface area contributed by atoms with Crippen LogP contribution < -0.4 is 14.7 Å². The Morgan fingerprint density at radius 2 is 1.33 bits per heavy atom. The molecule has 1 aliphatic heterocycles. The average molecular weight is 679 g/mol. The third kappa shape index (κ3) is 5.09. The molecule has 0 saturated heterocycles. The van der Waals surface area contributed by atoms with Crippen molar-refractivity contribution in [2.75, 3.05) is 28.4 Å². The molecule has 6 heteroatoms. The van der Waals surface area contributed by atoms with Gasteiger partial charge < -0.3 is 14.7 Å². The van der Waals surface area contributed by atoms with Crippen LogP contribution in [0.2, 0.25) is 0 Å². The van der Waals surface area contributed by atoms with Gasteiger partial charge in [-0.3, -0.25) is 4.40 Å². The number of imidazole rings is 1. The van der Waals surface area contributed by atoms with E-state index in [-0.39, 0.29) is 0 Å². The van der Waals surface area contributed by atoms with E-state index in [1.165, 1.54) is 27.5 Å². The summed E-state index contributed by atoms with van der Waals surface area (Å²) in [5.41, 5.74) is 12.7. The van der Waals surface area contributed by atoms with Crippen LogP contribution in [0.4, 0.5) is 34.3 Å². The molecule has 1 aliphatic rings. The van der Waals surface area contributed by atoms with Crippen LogP contribution in [-0.2, 0) is 0 Å². The summed E-state index contributed by atoms with van der Waals surface area (Å²) in [5, 5.41) is 3.52. The van der Waals surface area contributed by atoms with Gasteiger partial charge in [0, 0.05) is 52.3 Å². The van der Waals surface area contributed by atoms with Crippen molar-refractivity contribution in [2.24, 2.45) is 0 Å². The van der Waals surface area contributed by atoms with Crippen LogP contribution >= 0.6 is 0 Å². The van der Waals surface area contributed by atoms with E-state index in [1.807, 2.05) is 12.3 Å². The third-order valence-electron chi connectivity index (χ3n) is 10.5. The number of hydrogen-bond donors (Lipinski definition) is 0. The molecule has 0 radical (unpaired) electrons. The van der Waals surface area contributed by atoms with Gasteiger partial charge in [0.1, 0.15) is 5.65 Å². The summed E-state index contributed by atoms with van der Waals surface area (Å²) in [5.74, 6) is 1.72. The Hall–Kier alpha value is -6.14. The molecular weight excluding hydrogens is 637 g/mol. The fourth-order valence-corrected chi connectivity index (χ4v) is 8.07. The van der Waals surface area contributed by atoms with Crippen molar-refractivity contribution in [1.29, 1.82) is 0 Å². The number of fused-ring (bicyclic) bond motifs is 7. The van der Waals surface area contributed by atoms with Crippen LogP contribution in [0.15, 0.2) is 140 Å². The van der Waals surface area contributed by atoms with E-state index >= 15 is 0 Å². The molecule has 0 N–H and O–H groups in total. The van der Waals surface area contributed by atoms with E-state index in [4.69, 9.17) is 9.97 Å². The Morgan fingerprint density at radius 1 is 0.615 bits per heavy atom. The first kappa shape index (κ1) is 31.8. The highest BCUT2D eigenvalue weighted by Gasteiger charge is 2.27. The normalized spacial score (nSPS) is 12.9. The van der Waals surface area contributed by atoms with E-state index in [0.29, 0.717) is 11.8 Å². The van der Waals surface area contributed by atoms with Crippen molar-refractivity contribution in [3.63, 3.8) is 0 Å². The molecule has 8 aromatic rings. The first-order valence-electron chi connectivity index (χ1n) is 18.2. The van der Waals surface area contributed by atoms with Crippen LogP contribution in [0.3, 0.4) is 0 Å². The number of para-hydroxylation sites is 2. The number of benzene rings is 5. The van der Waals surface area contributed by atoms with Gasteiger partial charge in [-0.05, 0) is 89.0 Å². The van der Waals surface area contributed by atoms with E-state index in [1.54, 1.807) is 0 Å². The molecule has 9 rings (SSSR count). The fourth-order valence-electron chi connectivity index (χ4n) is 8.07. The van der Waals surface area contributed by atoms with Crippen LogP contribution in [0.5, 0.6) is 0 Å². The highest BCUT2D eigenvalue weighted by molar-refractivity contribution is 6.13. The summed E-state index contributed by atoms with van der Waals surface area (Å²) in [4.78, 5) is 16.9. The maximum absolute atomic E-state index is 5.24. The first-order chi connectivity index (χ1) is 25.4. The monoisotopic (exact) mass is 678 g/mol. The zero-order valence-electron chi connectivity index (χ0n) is 30.3. The standard InChI is InChI=1S/C46H42N6/c1-30(2)36-19-12-20-37(31(3)4)44(36)43-28-48-45-40-27-35(23-24-38(40)39-18-9-10-21-41(39)52(43)45)51(32-14-7-6-8-15-32)34-17-11-16-33(26-34)50-29-49(5)42-22-13-25-47-46(42)50/h6-28,30-31H,29H2,1-5H3. The lowest BCUT2D eigenvalue weighted by atomic mass is 9.87. The molecule has 0 atom stereocenters. The van der Waals surface area contributed by atoms with Gasteiger partial charge in [0.15, 0.2) is 5.82 Å². The van der Waals surface area contributed by atoms with Crippen LogP contribution in [0, 0.1) is 0 Å². The summed E-state index contributed by atoms with van der Waals surface area (Å²) >= 11 is 0. The second-order valence-electron chi connectivity index (χ2n) is 14.5. The number of nitrogens with zero attached hydrogens (tertiary/aromatic N) is 6. The predicted octanol–water partition coefficient (Wildman–Crippen LogP) is 12.0. The molecule has 0 saturated carbocycles. The molecule has 52 heavy (non-hydrogen) atoms. The largest absolute Gasteiger partial charge is 0.354 e. The number of anilines is 6. The average Bonchev–Trinajstić information content (AvgIpc) is 3.77. The van der Waals surface area contributed by atoms with Gasteiger partial charge in [0.2, 0.25) is 0 Å². The van der Waals surface area contributed by atoms with Gasteiger partial charge in [-0.1, -0.05) is 94.4 Å². The molecule has 256 valence electrons. The van der Waals surface area contributed by atoms with Crippen molar-refractivity contribution in [1.82, 2.24) is 14.4 Å². The Balaban J connectivity index is 1.27. The summed E-state index contributed by atoms with van der Waals surface area (Å²) < 4.78 is 2.40. The maximum atomic E-state index is 5.24. The minimum Gasteiger partial charge on any atom is -0.354 e. The van der Waals surface area contributed by atoms with E-state index in [2.05, 4.69) is 181 Å². The number of hydrogen-bond acceptors (Lipinski definition) is 5. The van der Waals surface area contributed by atoms with Gasteiger partial charge in [-0.25, -0.2) is 9.97 Å². The molecule has 0 amide bonds. The van der Waals surface area contributed by atoms with Crippen molar-refractivity contribution < 1.29 is 0 Å². The molecule has 0 aliphatic carbocycles. The minimum atomic E-state index is 0.373. The Bertz CT molecular complexity index is 2580. The Morgan fingerprint density at radius 3 is 2.12 bits per heavy atom. The molecule has 3 aromatic heterocycles. The number of pyridine rings is 2. The second kappa shape index (κ2) is 12.6. The summed E-state index contributed by atoms with van der Waals surface area (Å²) in [7, 11) is 2.12. The Kier molecular flexibility index (Phi) is 7.69. The van der Waals surface area contributed by atoms with Gasteiger partial charge in [-0.15, -0.1) is 0 Å². The second-order valence-corrected chi connectivity index (χ2v) is 14.5. The summed E-state index contributed by atoms with van der Waals surface area (Å²) in [6, 6.07) is 46.0. The Labute approximate surface area is 305 Å². The summed E-state index contributed by atoms with van der Waals surface area (Å²) in [6.45, 7) is 9.89. The van der Waals surface area contributed by atoms with Crippen molar-refractivity contribution in [3.05, 3.63) is 151 Å². The highest BCUT2D eigenvalue weighted by atomic mass is 15.4. The lowest BCUT2D eigenvalue weighted by Gasteiger charge is -2.28. The van der Waals surface area contributed by atoms with E-state index in [9.17, 15) is 0 Å². The molecule has 0 bridgehead atoms. The van der Waals surface area contributed by atoms with Gasteiger partial charge >= 0.3 is 0 Å². The van der Waals surface area contributed by atoms with Crippen molar-refractivity contribution >= 4 is 61.6 Å². The molecule has 0 spiro atoms. The smallest absolute Gasteiger partial charge is 0.158 e.